The van der Waals surface area contributed by atoms with E-state index >= 15 is 0 Å². The summed E-state index contributed by atoms with van der Waals surface area (Å²) in [4.78, 5) is 2.32. The van der Waals surface area contributed by atoms with Crippen molar-refractivity contribution < 1.29 is 12.8 Å². The van der Waals surface area contributed by atoms with Crippen LogP contribution in [-0.2, 0) is 23.1 Å². The molecule has 2 aromatic rings. The van der Waals surface area contributed by atoms with Crippen LogP contribution in [0, 0.1) is 0 Å². The summed E-state index contributed by atoms with van der Waals surface area (Å²) in [5, 5.41) is 4.25. The van der Waals surface area contributed by atoms with Crippen LogP contribution in [0.1, 0.15) is 36.8 Å². The first-order valence-corrected chi connectivity index (χ1v) is 9.92. The zero-order valence-corrected chi connectivity index (χ0v) is 14.3. The Hall–Kier alpha value is -1.64. The van der Waals surface area contributed by atoms with Crippen molar-refractivity contribution in [1.29, 1.82) is 0 Å². The van der Waals surface area contributed by atoms with E-state index in [0.717, 1.165) is 50.4 Å². The highest BCUT2D eigenvalue weighted by Gasteiger charge is 2.35. The quantitative estimate of drug-likeness (QED) is 0.819. The van der Waals surface area contributed by atoms with Gasteiger partial charge in [-0.05, 0) is 37.5 Å². The highest BCUT2D eigenvalue weighted by Crippen LogP contribution is 2.28. The van der Waals surface area contributed by atoms with Gasteiger partial charge in [0.1, 0.15) is 5.76 Å². The van der Waals surface area contributed by atoms with Gasteiger partial charge >= 0.3 is 0 Å². The molecule has 1 saturated carbocycles. The zero-order chi connectivity index (χ0) is 16.6. The maximum atomic E-state index is 11.9. The van der Waals surface area contributed by atoms with Gasteiger partial charge in [-0.25, -0.2) is 13.1 Å². The van der Waals surface area contributed by atoms with Gasteiger partial charge in [-0.3, -0.25) is 9.58 Å². The fourth-order valence-corrected chi connectivity index (χ4v) is 4.68. The van der Waals surface area contributed by atoms with E-state index in [0.29, 0.717) is 6.54 Å². The minimum atomic E-state index is -3.11. The largest absolute Gasteiger partial charge is 0.468 e. The normalized spacial score (nSPS) is 21.8. The maximum absolute atomic E-state index is 11.9. The van der Waals surface area contributed by atoms with E-state index in [9.17, 15) is 8.42 Å². The van der Waals surface area contributed by atoms with Crippen molar-refractivity contribution in [2.75, 3.05) is 13.1 Å². The summed E-state index contributed by atoms with van der Waals surface area (Å²) < 4.78 is 34.1. The molecule has 1 atom stereocenters. The Bertz CT molecular complexity index is 780. The molecule has 0 aromatic carbocycles. The fourth-order valence-electron chi connectivity index (χ4n) is 3.29. The molecule has 2 aromatic heterocycles. The number of nitrogens with one attached hydrogen (secondary N) is 1. The van der Waals surface area contributed by atoms with Gasteiger partial charge in [0.05, 0.1) is 29.8 Å². The molecule has 2 aliphatic rings. The number of nitrogens with zero attached hydrogens (tertiary/aromatic N) is 3. The molecule has 0 saturated heterocycles. The number of furan rings is 1. The lowest BCUT2D eigenvalue weighted by Gasteiger charge is -2.33. The molecule has 0 amide bonds. The smallest absolute Gasteiger partial charge is 0.214 e. The predicted octanol–water partition coefficient (Wildman–Crippen LogP) is 1.50. The van der Waals surface area contributed by atoms with Crippen LogP contribution < -0.4 is 4.72 Å². The lowest BCUT2D eigenvalue weighted by Crippen LogP contribution is -2.39. The second-order valence-electron chi connectivity index (χ2n) is 6.60. The third-order valence-electron chi connectivity index (χ3n) is 4.66. The molecule has 24 heavy (non-hydrogen) atoms. The molecular weight excluding hydrogens is 328 g/mol. The molecular formula is C16H22N4O3S. The second kappa shape index (κ2) is 6.34. The van der Waals surface area contributed by atoms with Crippen LogP contribution >= 0.6 is 0 Å². The van der Waals surface area contributed by atoms with E-state index in [-0.39, 0.29) is 11.3 Å². The topological polar surface area (TPSA) is 80.4 Å². The van der Waals surface area contributed by atoms with Gasteiger partial charge < -0.3 is 4.42 Å². The Morgan fingerprint density at radius 2 is 2.21 bits per heavy atom. The molecule has 130 valence electrons. The van der Waals surface area contributed by atoms with Crippen molar-refractivity contribution in [1.82, 2.24) is 19.4 Å². The molecule has 0 radical (unpaired) electrons. The van der Waals surface area contributed by atoms with E-state index in [2.05, 4.69) is 14.7 Å². The molecule has 0 spiro atoms. The summed E-state index contributed by atoms with van der Waals surface area (Å²) >= 11 is 0. The standard InChI is InChI=1S/C16H22N4O3S/c21-24(22,16-3-4-16)18-8-6-14-11-19(12-15-2-1-9-23-15)10-13-5-7-17-20(13)14/h1-2,5,7,9,14,16,18H,3-4,6,8,10-12H2/t14-/m1/s1. The minimum Gasteiger partial charge on any atom is -0.468 e. The van der Waals surface area contributed by atoms with Gasteiger partial charge in [0.2, 0.25) is 10.0 Å². The lowest BCUT2D eigenvalue weighted by molar-refractivity contribution is 0.152. The third-order valence-corrected chi connectivity index (χ3v) is 6.61. The number of hydrogen-bond donors (Lipinski definition) is 1. The van der Waals surface area contributed by atoms with Crippen LogP contribution in [-0.4, -0.2) is 41.4 Å². The van der Waals surface area contributed by atoms with Crippen molar-refractivity contribution in [3.8, 4) is 0 Å². The molecule has 1 fully saturated rings. The highest BCUT2D eigenvalue weighted by molar-refractivity contribution is 7.90. The Morgan fingerprint density at radius 3 is 2.96 bits per heavy atom. The van der Waals surface area contributed by atoms with Gasteiger partial charge in [-0.15, -0.1) is 0 Å². The Kier molecular flexibility index (Phi) is 4.19. The SMILES string of the molecule is O=S(=O)(NCC[C@@H]1CN(Cc2ccco2)Cc2ccnn21)C1CC1. The molecule has 3 heterocycles. The summed E-state index contributed by atoms with van der Waals surface area (Å²) in [5.74, 6) is 0.941. The van der Waals surface area contributed by atoms with Crippen LogP contribution in [0.15, 0.2) is 35.1 Å². The molecule has 7 nitrogen and oxygen atoms in total. The van der Waals surface area contributed by atoms with Crippen LogP contribution in [0.5, 0.6) is 0 Å². The van der Waals surface area contributed by atoms with E-state index in [1.54, 1.807) is 6.26 Å². The first-order chi connectivity index (χ1) is 11.6. The van der Waals surface area contributed by atoms with Crippen LogP contribution in [0.4, 0.5) is 0 Å². The molecule has 4 rings (SSSR count). The van der Waals surface area contributed by atoms with E-state index in [1.165, 1.54) is 0 Å². The van der Waals surface area contributed by atoms with Gasteiger partial charge in [0.15, 0.2) is 0 Å². The average molecular weight is 350 g/mol. The van der Waals surface area contributed by atoms with E-state index in [1.807, 2.05) is 29.1 Å². The predicted molar refractivity (Wildman–Crippen MR) is 88.6 cm³/mol. The van der Waals surface area contributed by atoms with Gasteiger partial charge in [-0.1, -0.05) is 0 Å². The molecule has 1 N–H and O–H groups in total. The Balaban J connectivity index is 1.39. The summed E-state index contributed by atoms with van der Waals surface area (Å²) in [7, 11) is -3.11. The van der Waals surface area contributed by atoms with Gasteiger partial charge in [0.25, 0.3) is 0 Å². The number of hydrogen-bond acceptors (Lipinski definition) is 5. The Morgan fingerprint density at radius 1 is 1.33 bits per heavy atom. The number of rotatable bonds is 7. The van der Waals surface area contributed by atoms with Crippen molar-refractivity contribution in [3.63, 3.8) is 0 Å². The van der Waals surface area contributed by atoms with Crippen LogP contribution in [0.25, 0.3) is 0 Å². The van der Waals surface area contributed by atoms with Crippen LogP contribution in [0.3, 0.4) is 0 Å². The summed E-state index contributed by atoms with van der Waals surface area (Å²) in [6, 6.07) is 6.06. The lowest BCUT2D eigenvalue weighted by atomic mass is 10.1. The summed E-state index contributed by atoms with van der Waals surface area (Å²) in [6.07, 6.45) is 5.81. The number of fused-ring (bicyclic) bond motifs is 1. The van der Waals surface area contributed by atoms with Crippen molar-refractivity contribution >= 4 is 10.0 Å². The molecule has 1 aliphatic carbocycles. The summed E-state index contributed by atoms with van der Waals surface area (Å²) in [6.45, 7) is 2.87. The Labute approximate surface area is 141 Å². The number of aromatic nitrogens is 2. The average Bonchev–Trinajstić information content (AvgIpc) is 3.11. The van der Waals surface area contributed by atoms with Gasteiger partial charge in [0, 0.05) is 25.8 Å². The second-order valence-corrected chi connectivity index (χ2v) is 8.64. The molecule has 8 heteroatoms. The van der Waals surface area contributed by atoms with E-state index < -0.39 is 10.0 Å². The monoisotopic (exact) mass is 350 g/mol. The molecule has 0 unspecified atom stereocenters. The first-order valence-electron chi connectivity index (χ1n) is 8.37. The zero-order valence-electron chi connectivity index (χ0n) is 13.5. The highest BCUT2D eigenvalue weighted by atomic mass is 32.2. The van der Waals surface area contributed by atoms with Gasteiger partial charge in [-0.2, -0.15) is 5.10 Å². The fraction of sp³-hybridized carbons (Fsp3) is 0.562. The first kappa shape index (κ1) is 15.9. The molecule has 1 aliphatic heterocycles. The van der Waals surface area contributed by atoms with Crippen molar-refractivity contribution in [2.24, 2.45) is 0 Å². The van der Waals surface area contributed by atoms with E-state index in [4.69, 9.17) is 4.42 Å². The van der Waals surface area contributed by atoms with Crippen LogP contribution in [0.2, 0.25) is 0 Å². The van der Waals surface area contributed by atoms with Crippen molar-refractivity contribution in [2.45, 2.75) is 43.6 Å². The minimum absolute atomic E-state index is 0.167. The summed E-state index contributed by atoms with van der Waals surface area (Å²) in [5.41, 5.74) is 1.16. The maximum Gasteiger partial charge on any atom is 0.214 e. The number of sulfonamides is 1. The third kappa shape index (κ3) is 3.40. The van der Waals surface area contributed by atoms with Crippen molar-refractivity contribution in [3.05, 3.63) is 42.1 Å². The molecule has 0 bridgehead atoms.